The van der Waals surface area contributed by atoms with Crippen LogP contribution in [0.1, 0.15) is 28.3 Å². The summed E-state index contributed by atoms with van der Waals surface area (Å²) >= 11 is 7.38. The van der Waals surface area contributed by atoms with E-state index >= 15 is 0 Å². The molecule has 0 saturated heterocycles. The number of thiophene rings is 1. The molecule has 1 aromatic carbocycles. The number of carbonyl (C=O) groups excluding carboxylic acids is 1. The highest BCUT2D eigenvalue weighted by Gasteiger charge is 2.20. The Hall–Kier alpha value is -1.56. The second-order valence-corrected chi connectivity index (χ2v) is 6.17. The van der Waals surface area contributed by atoms with Crippen LogP contribution in [0.25, 0.3) is 0 Å². The van der Waals surface area contributed by atoms with Crippen molar-refractivity contribution in [1.29, 1.82) is 0 Å². The van der Waals surface area contributed by atoms with Crippen LogP contribution in [0.5, 0.6) is 5.75 Å². The predicted octanol–water partition coefficient (Wildman–Crippen LogP) is 2.97. The predicted molar refractivity (Wildman–Crippen MR) is 81.3 cm³/mol. The summed E-state index contributed by atoms with van der Waals surface area (Å²) in [5.41, 5.74) is 11.6. The van der Waals surface area contributed by atoms with Crippen LogP contribution in [0.15, 0.2) is 36.4 Å². The zero-order valence-corrected chi connectivity index (χ0v) is 12.4. The van der Waals surface area contributed by atoms with Crippen molar-refractivity contribution in [2.45, 2.75) is 19.1 Å². The third-order valence-electron chi connectivity index (χ3n) is 2.75. The smallest absolute Gasteiger partial charge is 0.248 e. The van der Waals surface area contributed by atoms with Gasteiger partial charge in [0.25, 0.3) is 0 Å². The number of rotatable bonds is 5. The van der Waals surface area contributed by atoms with Gasteiger partial charge in [-0.2, -0.15) is 0 Å². The molecule has 2 aromatic rings. The third kappa shape index (κ3) is 3.50. The first-order valence-corrected chi connectivity index (χ1v) is 7.24. The molecule has 2 rings (SSSR count). The van der Waals surface area contributed by atoms with Gasteiger partial charge in [0.2, 0.25) is 5.91 Å². The minimum Gasteiger partial charge on any atom is -0.483 e. The van der Waals surface area contributed by atoms with E-state index in [-0.39, 0.29) is 12.1 Å². The average molecular weight is 311 g/mol. The standard InChI is InChI=1S/C14H15ClN2O2S/c1-8(16)13(11-6-7-12(15)20-11)19-10-4-2-9(3-5-10)14(17)18/h2-8,13H,16H2,1H3,(H2,17,18). The van der Waals surface area contributed by atoms with Gasteiger partial charge in [-0.1, -0.05) is 11.6 Å². The Kier molecular flexibility index (Phi) is 4.65. The van der Waals surface area contributed by atoms with Crippen molar-refractivity contribution in [1.82, 2.24) is 0 Å². The van der Waals surface area contributed by atoms with Crippen LogP contribution in [0.4, 0.5) is 0 Å². The van der Waals surface area contributed by atoms with Crippen LogP contribution in [-0.4, -0.2) is 11.9 Å². The van der Waals surface area contributed by atoms with Crippen molar-refractivity contribution in [3.8, 4) is 5.75 Å². The molecule has 6 heteroatoms. The van der Waals surface area contributed by atoms with E-state index < -0.39 is 5.91 Å². The molecule has 1 aromatic heterocycles. The monoisotopic (exact) mass is 310 g/mol. The average Bonchev–Trinajstić information content (AvgIpc) is 2.82. The lowest BCUT2D eigenvalue weighted by atomic mass is 10.1. The van der Waals surface area contributed by atoms with E-state index in [9.17, 15) is 4.79 Å². The highest BCUT2D eigenvalue weighted by Crippen LogP contribution is 2.31. The number of primary amides is 1. The first kappa shape index (κ1) is 14.8. The summed E-state index contributed by atoms with van der Waals surface area (Å²) in [6.45, 7) is 1.87. The van der Waals surface area contributed by atoms with Crippen LogP contribution in [0, 0.1) is 0 Å². The number of amides is 1. The largest absolute Gasteiger partial charge is 0.483 e. The maximum absolute atomic E-state index is 11.0. The quantitative estimate of drug-likeness (QED) is 0.891. The lowest BCUT2D eigenvalue weighted by molar-refractivity contribution is 0.1000. The van der Waals surface area contributed by atoms with E-state index in [2.05, 4.69) is 0 Å². The molecule has 0 bridgehead atoms. The molecule has 0 radical (unpaired) electrons. The second-order valence-electron chi connectivity index (χ2n) is 4.43. The highest BCUT2D eigenvalue weighted by atomic mass is 35.5. The third-order valence-corrected chi connectivity index (χ3v) is 4.05. The van der Waals surface area contributed by atoms with Gasteiger partial charge in [0, 0.05) is 16.5 Å². The molecular weight excluding hydrogens is 296 g/mol. The van der Waals surface area contributed by atoms with Crippen LogP contribution in [0.2, 0.25) is 4.34 Å². The Morgan fingerprint density at radius 3 is 2.35 bits per heavy atom. The number of benzene rings is 1. The molecule has 4 N–H and O–H groups in total. The van der Waals surface area contributed by atoms with Crippen LogP contribution >= 0.6 is 22.9 Å². The molecule has 4 nitrogen and oxygen atoms in total. The maximum Gasteiger partial charge on any atom is 0.248 e. The van der Waals surface area contributed by atoms with Gasteiger partial charge in [-0.25, -0.2) is 0 Å². The van der Waals surface area contributed by atoms with Crippen molar-refractivity contribution in [2.24, 2.45) is 11.5 Å². The zero-order chi connectivity index (χ0) is 14.7. The molecule has 0 aliphatic heterocycles. The van der Waals surface area contributed by atoms with E-state index in [1.807, 2.05) is 19.1 Å². The van der Waals surface area contributed by atoms with E-state index in [1.54, 1.807) is 24.3 Å². The van der Waals surface area contributed by atoms with Crippen molar-refractivity contribution < 1.29 is 9.53 Å². The number of carbonyl (C=O) groups is 1. The Morgan fingerprint density at radius 2 is 1.90 bits per heavy atom. The number of ether oxygens (including phenoxy) is 1. The van der Waals surface area contributed by atoms with Crippen molar-refractivity contribution in [3.05, 3.63) is 51.2 Å². The van der Waals surface area contributed by atoms with E-state index in [0.29, 0.717) is 15.6 Å². The zero-order valence-electron chi connectivity index (χ0n) is 10.9. The summed E-state index contributed by atoms with van der Waals surface area (Å²) in [7, 11) is 0. The van der Waals surface area contributed by atoms with E-state index in [0.717, 1.165) is 4.88 Å². The Labute approximate surface area is 126 Å². The van der Waals surface area contributed by atoms with Crippen molar-refractivity contribution >= 4 is 28.8 Å². The molecule has 1 amide bonds. The van der Waals surface area contributed by atoms with Gasteiger partial charge >= 0.3 is 0 Å². The van der Waals surface area contributed by atoms with Gasteiger partial charge in [-0.05, 0) is 43.3 Å². The van der Waals surface area contributed by atoms with Crippen LogP contribution < -0.4 is 16.2 Å². The van der Waals surface area contributed by atoms with Crippen LogP contribution in [0.3, 0.4) is 0 Å². The minimum absolute atomic E-state index is 0.194. The summed E-state index contributed by atoms with van der Waals surface area (Å²) in [5.74, 6) is 0.159. The van der Waals surface area contributed by atoms with E-state index in [1.165, 1.54) is 11.3 Å². The summed E-state index contributed by atoms with van der Waals surface area (Å²) in [6, 6.07) is 10.2. The fourth-order valence-electron chi connectivity index (χ4n) is 1.75. The van der Waals surface area contributed by atoms with Gasteiger partial charge < -0.3 is 16.2 Å². The summed E-state index contributed by atoms with van der Waals surface area (Å²) in [6.07, 6.45) is -0.285. The molecule has 2 atom stereocenters. The maximum atomic E-state index is 11.0. The highest BCUT2D eigenvalue weighted by molar-refractivity contribution is 7.16. The molecule has 1 heterocycles. The normalized spacial score (nSPS) is 13.8. The van der Waals surface area contributed by atoms with Gasteiger partial charge in [-0.3, -0.25) is 4.79 Å². The molecule has 0 aliphatic carbocycles. The first-order chi connectivity index (χ1) is 9.47. The van der Waals surface area contributed by atoms with Gasteiger partial charge in [0.05, 0.1) is 4.34 Å². The minimum atomic E-state index is -0.467. The number of hydrogen-bond donors (Lipinski definition) is 2. The van der Waals surface area contributed by atoms with Crippen molar-refractivity contribution in [3.63, 3.8) is 0 Å². The van der Waals surface area contributed by atoms with Gasteiger partial charge in [0.1, 0.15) is 11.9 Å². The Bertz CT molecular complexity index is 595. The molecule has 106 valence electrons. The van der Waals surface area contributed by atoms with Crippen LogP contribution in [-0.2, 0) is 0 Å². The number of nitrogens with two attached hydrogens (primary N) is 2. The first-order valence-electron chi connectivity index (χ1n) is 6.04. The molecule has 2 unspecified atom stereocenters. The molecule has 0 spiro atoms. The van der Waals surface area contributed by atoms with Crippen molar-refractivity contribution in [2.75, 3.05) is 0 Å². The summed E-state index contributed by atoms with van der Waals surface area (Å²) < 4.78 is 6.58. The molecule has 0 aliphatic rings. The lowest BCUT2D eigenvalue weighted by Crippen LogP contribution is -2.28. The fraction of sp³-hybridized carbons (Fsp3) is 0.214. The summed E-state index contributed by atoms with van der Waals surface area (Å²) in [5, 5.41) is 0. The van der Waals surface area contributed by atoms with Gasteiger partial charge in [0.15, 0.2) is 0 Å². The molecule has 20 heavy (non-hydrogen) atoms. The Morgan fingerprint density at radius 1 is 1.25 bits per heavy atom. The summed E-state index contributed by atoms with van der Waals surface area (Å²) in [4.78, 5) is 12.0. The van der Waals surface area contributed by atoms with Gasteiger partial charge in [-0.15, -0.1) is 11.3 Å². The lowest BCUT2D eigenvalue weighted by Gasteiger charge is -2.21. The molecule has 0 fully saturated rings. The number of halogens is 1. The molecular formula is C14H15ClN2O2S. The second kappa shape index (κ2) is 6.26. The topological polar surface area (TPSA) is 78.3 Å². The van der Waals surface area contributed by atoms with E-state index in [4.69, 9.17) is 27.8 Å². The SMILES string of the molecule is CC(N)C(Oc1ccc(C(N)=O)cc1)c1ccc(Cl)s1. The molecule has 0 saturated carbocycles. The fourth-order valence-corrected chi connectivity index (χ4v) is 2.96. The Balaban J connectivity index is 2.18. The number of hydrogen-bond acceptors (Lipinski definition) is 4.